The highest BCUT2D eigenvalue weighted by atomic mass is 32.1. The van der Waals surface area contributed by atoms with Gasteiger partial charge in [0, 0.05) is 5.69 Å². The van der Waals surface area contributed by atoms with Gasteiger partial charge in [-0.05, 0) is 57.1 Å². The molecule has 0 aliphatic carbocycles. The van der Waals surface area contributed by atoms with Gasteiger partial charge in [-0.25, -0.2) is 4.98 Å². The van der Waals surface area contributed by atoms with Crippen LogP contribution in [-0.4, -0.2) is 41.8 Å². The predicted molar refractivity (Wildman–Crippen MR) is 118 cm³/mol. The van der Waals surface area contributed by atoms with Crippen LogP contribution in [0.5, 0.6) is 0 Å². The highest BCUT2D eigenvalue weighted by Crippen LogP contribution is 2.28. The number of hydrogen-bond acceptors (Lipinski definition) is 5. The Kier molecular flexibility index (Phi) is 6.61. The Morgan fingerprint density at radius 2 is 1.86 bits per heavy atom. The number of amides is 2. The number of aryl methyl sites for hydroxylation is 1. The maximum Gasteiger partial charge on any atom is 0.243 e. The molecule has 0 saturated carbocycles. The van der Waals surface area contributed by atoms with Crippen molar-refractivity contribution in [2.45, 2.75) is 26.8 Å². The maximum absolute atomic E-state index is 12.3. The molecule has 6 nitrogen and oxygen atoms in total. The monoisotopic (exact) mass is 410 g/mol. The largest absolute Gasteiger partial charge is 0.346 e. The molecule has 0 bridgehead atoms. The second-order valence-electron chi connectivity index (χ2n) is 7.18. The summed E-state index contributed by atoms with van der Waals surface area (Å²) < 4.78 is 1.13. The van der Waals surface area contributed by atoms with Crippen molar-refractivity contribution in [1.29, 1.82) is 0 Å². The van der Waals surface area contributed by atoms with Crippen LogP contribution < -0.4 is 10.6 Å². The van der Waals surface area contributed by atoms with Crippen LogP contribution in [0.25, 0.3) is 10.2 Å². The number of fused-ring (bicyclic) bond motifs is 1. The molecule has 1 heterocycles. The lowest BCUT2D eigenvalue weighted by atomic mass is 10.1. The van der Waals surface area contributed by atoms with Gasteiger partial charge in [0.2, 0.25) is 11.8 Å². The molecule has 152 valence electrons. The number of nitrogens with zero attached hydrogens (tertiary/aromatic N) is 2. The smallest absolute Gasteiger partial charge is 0.243 e. The number of para-hydroxylation sites is 1. The van der Waals surface area contributed by atoms with Crippen molar-refractivity contribution < 1.29 is 9.59 Å². The first-order chi connectivity index (χ1) is 13.8. The number of thiazole rings is 1. The molecule has 0 unspecified atom stereocenters. The Morgan fingerprint density at radius 1 is 1.10 bits per heavy atom. The van der Waals surface area contributed by atoms with Crippen LogP contribution in [0.2, 0.25) is 0 Å². The molecule has 0 saturated heterocycles. The molecule has 0 spiro atoms. The first kappa shape index (κ1) is 21.0. The van der Waals surface area contributed by atoms with Crippen LogP contribution in [0, 0.1) is 13.8 Å². The molecule has 0 radical (unpaired) electrons. The van der Waals surface area contributed by atoms with Crippen molar-refractivity contribution in [3.8, 4) is 0 Å². The van der Waals surface area contributed by atoms with Gasteiger partial charge in [-0.15, -0.1) is 11.3 Å². The third kappa shape index (κ3) is 5.19. The van der Waals surface area contributed by atoms with Gasteiger partial charge in [-0.2, -0.15) is 0 Å². The van der Waals surface area contributed by atoms with E-state index in [2.05, 4.69) is 15.6 Å². The Morgan fingerprint density at radius 3 is 2.62 bits per heavy atom. The van der Waals surface area contributed by atoms with E-state index in [4.69, 9.17) is 0 Å². The molecule has 3 aromatic rings. The molecule has 0 aliphatic rings. The highest BCUT2D eigenvalue weighted by Gasteiger charge is 2.19. The quantitative estimate of drug-likeness (QED) is 0.623. The topological polar surface area (TPSA) is 74.3 Å². The molecule has 2 aromatic carbocycles. The summed E-state index contributed by atoms with van der Waals surface area (Å²) in [5.74, 6) is -0.439. The highest BCUT2D eigenvalue weighted by molar-refractivity contribution is 7.18. The lowest BCUT2D eigenvalue weighted by Crippen LogP contribution is -2.40. The number of rotatable bonds is 7. The third-order valence-electron chi connectivity index (χ3n) is 5.05. The number of nitrogens with one attached hydrogen (secondary N) is 2. The minimum absolute atomic E-state index is 0.00178. The Bertz CT molecular complexity index is 998. The van der Waals surface area contributed by atoms with Crippen molar-refractivity contribution in [3.05, 3.63) is 58.6 Å². The molecule has 2 N–H and O–H groups in total. The molecule has 2 amide bonds. The second-order valence-corrected chi connectivity index (χ2v) is 8.25. The van der Waals surface area contributed by atoms with E-state index in [9.17, 15) is 9.59 Å². The summed E-state index contributed by atoms with van der Waals surface area (Å²) >= 11 is 1.63. The molecule has 0 fully saturated rings. The van der Waals surface area contributed by atoms with Gasteiger partial charge in [0.05, 0.1) is 29.3 Å². The minimum Gasteiger partial charge on any atom is -0.346 e. The summed E-state index contributed by atoms with van der Waals surface area (Å²) in [7, 11) is 1.88. The lowest BCUT2D eigenvalue weighted by molar-refractivity contribution is -0.125. The number of carbonyl (C=O) groups is 2. The molecule has 7 heteroatoms. The molecular formula is C22H26N4O2S. The first-order valence-corrected chi connectivity index (χ1v) is 10.3. The predicted octanol–water partition coefficient (Wildman–Crippen LogP) is 3.66. The van der Waals surface area contributed by atoms with Crippen molar-refractivity contribution in [1.82, 2.24) is 15.2 Å². The fraction of sp³-hybridized carbons (Fsp3) is 0.318. The Hall–Kier alpha value is -2.77. The van der Waals surface area contributed by atoms with Gasteiger partial charge in [-0.1, -0.05) is 24.3 Å². The van der Waals surface area contributed by atoms with Crippen molar-refractivity contribution in [3.63, 3.8) is 0 Å². The summed E-state index contributed by atoms with van der Waals surface area (Å²) in [6.45, 7) is 6.11. The lowest BCUT2D eigenvalue weighted by Gasteiger charge is -2.22. The van der Waals surface area contributed by atoms with Crippen molar-refractivity contribution >= 4 is 39.1 Å². The van der Waals surface area contributed by atoms with E-state index in [0.717, 1.165) is 32.0 Å². The molecule has 0 aliphatic heterocycles. The normalized spacial score (nSPS) is 12.2. The van der Waals surface area contributed by atoms with Crippen molar-refractivity contribution in [2.24, 2.45) is 0 Å². The number of hydrogen-bond donors (Lipinski definition) is 2. The van der Waals surface area contributed by atoms with Gasteiger partial charge in [0.25, 0.3) is 0 Å². The summed E-state index contributed by atoms with van der Waals surface area (Å²) in [5, 5.41) is 6.51. The zero-order valence-corrected chi connectivity index (χ0v) is 18.0. The van der Waals surface area contributed by atoms with Crippen molar-refractivity contribution in [2.75, 3.05) is 25.5 Å². The number of likely N-dealkylation sites (N-methyl/N-ethyl adjacent to an activating group) is 1. The average Bonchev–Trinajstić information content (AvgIpc) is 3.13. The maximum atomic E-state index is 12.3. The SMILES string of the molecule is Cc1cccc(NC(=O)CNC(=O)CN(C)[C@@H](C)c2nc3ccccc3s2)c1C. The second kappa shape index (κ2) is 9.15. The Labute approximate surface area is 174 Å². The van der Waals surface area contributed by atoms with Crippen LogP contribution in [0.3, 0.4) is 0 Å². The average molecular weight is 411 g/mol. The molecule has 1 aromatic heterocycles. The van der Waals surface area contributed by atoms with E-state index in [1.54, 1.807) is 11.3 Å². The molecule has 29 heavy (non-hydrogen) atoms. The van der Waals surface area contributed by atoms with Crippen LogP contribution in [-0.2, 0) is 9.59 Å². The molecular weight excluding hydrogens is 384 g/mol. The zero-order valence-electron chi connectivity index (χ0n) is 17.2. The standard InChI is InChI=1S/C22H26N4O2S/c1-14-8-7-10-17(15(14)2)24-20(27)12-23-21(28)13-26(4)16(3)22-25-18-9-5-6-11-19(18)29-22/h5-11,16H,12-13H2,1-4H3,(H,23,28)(H,24,27)/t16-/m0/s1. The van der Waals surface area contributed by atoms with Gasteiger partial charge >= 0.3 is 0 Å². The summed E-state index contributed by atoms with van der Waals surface area (Å²) in [4.78, 5) is 31.0. The number of aromatic nitrogens is 1. The fourth-order valence-corrected chi connectivity index (χ4v) is 4.02. The third-order valence-corrected chi connectivity index (χ3v) is 6.25. The number of benzene rings is 2. The molecule has 1 atom stereocenters. The van der Waals surface area contributed by atoms with E-state index >= 15 is 0 Å². The summed E-state index contributed by atoms with van der Waals surface area (Å²) in [6, 6.07) is 13.8. The first-order valence-electron chi connectivity index (χ1n) is 9.53. The fourth-order valence-electron chi connectivity index (χ4n) is 2.94. The van der Waals surface area contributed by atoms with E-state index in [1.807, 2.05) is 75.2 Å². The van der Waals surface area contributed by atoms with Crippen LogP contribution in [0.4, 0.5) is 5.69 Å². The molecule has 3 rings (SSSR count). The van der Waals surface area contributed by atoms with E-state index < -0.39 is 0 Å². The summed E-state index contributed by atoms with van der Waals surface area (Å²) in [5.41, 5.74) is 3.88. The van der Waals surface area contributed by atoms with Gasteiger partial charge in [0.15, 0.2) is 0 Å². The van der Waals surface area contributed by atoms with E-state index in [0.29, 0.717) is 0 Å². The Balaban J connectivity index is 1.50. The number of carbonyl (C=O) groups excluding carboxylic acids is 2. The van der Waals surface area contributed by atoms with Gasteiger partial charge in [0.1, 0.15) is 5.01 Å². The van der Waals surface area contributed by atoms with Gasteiger partial charge < -0.3 is 10.6 Å². The van der Waals surface area contributed by atoms with Crippen LogP contribution in [0.1, 0.15) is 29.1 Å². The van der Waals surface area contributed by atoms with E-state index in [-0.39, 0.29) is 30.9 Å². The zero-order chi connectivity index (χ0) is 21.0. The van der Waals surface area contributed by atoms with Crippen LogP contribution >= 0.6 is 11.3 Å². The van der Waals surface area contributed by atoms with Crippen LogP contribution in [0.15, 0.2) is 42.5 Å². The van der Waals surface area contributed by atoms with Gasteiger partial charge in [-0.3, -0.25) is 14.5 Å². The van der Waals surface area contributed by atoms with E-state index in [1.165, 1.54) is 0 Å². The summed E-state index contributed by atoms with van der Waals surface area (Å²) in [6.07, 6.45) is 0. The minimum atomic E-state index is -0.242. The number of anilines is 1.